The minimum atomic E-state index is -0.823. The van der Waals surface area contributed by atoms with Crippen LogP contribution in [0.3, 0.4) is 0 Å². The van der Waals surface area contributed by atoms with Crippen molar-refractivity contribution >= 4 is 17.9 Å². The zero-order valence-corrected chi connectivity index (χ0v) is 40.8. The highest BCUT2D eigenvalue weighted by Gasteiger charge is 2.19. The Kier molecular flexibility index (Phi) is 48.0. The molecule has 0 radical (unpaired) electrons. The van der Waals surface area contributed by atoms with Crippen LogP contribution in [0.2, 0.25) is 0 Å². The molecule has 0 aromatic heterocycles. The highest BCUT2D eigenvalue weighted by molar-refractivity contribution is 5.71. The van der Waals surface area contributed by atoms with Gasteiger partial charge in [-0.25, -0.2) is 0 Å². The molecule has 0 saturated heterocycles. The van der Waals surface area contributed by atoms with E-state index in [2.05, 4.69) is 106 Å². The molecule has 0 aliphatic carbocycles. The van der Waals surface area contributed by atoms with E-state index in [1.54, 1.807) is 0 Å². The van der Waals surface area contributed by atoms with E-state index in [1.807, 2.05) is 12.2 Å². The van der Waals surface area contributed by atoms with Crippen molar-refractivity contribution in [1.82, 2.24) is 0 Å². The van der Waals surface area contributed by atoms with E-state index < -0.39 is 12.1 Å². The molecule has 6 heteroatoms. The quantitative estimate of drug-likeness (QED) is 0.0262. The lowest BCUT2D eigenvalue weighted by Gasteiger charge is -2.18. The molecule has 0 saturated carbocycles. The van der Waals surface area contributed by atoms with E-state index in [9.17, 15) is 14.4 Å². The van der Waals surface area contributed by atoms with Gasteiger partial charge in [-0.3, -0.25) is 14.4 Å². The average molecular weight is 875 g/mol. The second-order valence-corrected chi connectivity index (χ2v) is 16.7. The zero-order valence-electron chi connectivity index (χ0n) is 40.8. The van der Waals surface area contributed by atoms with Crippen LogP contribution in [-0.2, 0) is 28.6 Å². The number of allylic oxidation sites excluding steroid dienone is 16. The highest BCUT2D eigenvalue weighted by atomic mass is 16.6. The van der Waals surface area contributed by atoms with Gasteiger partial charge in [-0.05, 0) is 103 Å². The predicted octanol–water partition coefficient (Wildman–Crippen LogP) is 17.0. The van der Waals surface area contributed by atoms with Crippen LogP contribution in [-0.4, -0.2) is 37.2 Å². The molecule has 0 aromatic carbocycles. The Morgan fingerprint density at radius 3 is 1.10 bits per heavy atom. The Hall–Kier alpha value is -3.67. The molecule has 0 spiro atoms. The molecule has 63 heavy (non-hydrogen) atoms. The molecular weight excluding hydrogens is 781 g/mol. The van der Waals surface area contributed by atoms with Crippen molar-refractivity contribution in [3.05, 3.63) is 97.2 Å². The standard InChI is InChI=1S/C57H94O6/c1-4-7-10-13-16-19-22-25-26-27-28-29-30-33-35-38-41-44-47-50-56(59)62-53-54(63-57(60)51-48-45-42-39-36-32-24-21-18-15-12-9-6-3)52-61-55(58)49-46-43-40-37-34-31-23-20-17-14-11-8-5-2/h9,11-12,14,16,18-21,23,25-26,32,36,42,45,54H,4-8,10,13,15,17,22,24,27-31,33-35,37-41,43-44,46-53H2,1-3H3/b12-9-,14-11-,19-16-,21-18-,23-20-,26-25-,36-32-,45-42-. The van der Waals surface area contributed by atoms with E-state index in [0.29, 0.717) is 19.3 Å². The van der Waals surface area contributed by atoms with Gasteiger partial charge in [-0.15, -0.1) is 0 Å². The summed E-state index contributed by atoms with van der Waals surface area (Å²) >= 11 is 0. The van der Waals surface area contributed by atoms with Crippen LogP contribution in [0.5, 0.6) is 0 Å². The lowest BCUT2D eigenvalue weighted by atomic mass is 10.1. The summed E-state index contributed by atoms with van der Waals surface area (Å²) in [7, 11) is 0. The van der Waals surface area contributed by atoms with E-state index >= 15 is 0 Å². The number of hydrogen-bond acceptors (Lipinski definition) is 6. The minimum Gasteiger partial charge on any atom is -0.462 e. The monoisotopic (exact) mass is 875 g/mol. The third-order valence-electron chi connectivity index (χ3n) is 10.5. The number of carbonyl (C=O) groups excluding carboxylic acids is 3. The average Bonchev–Trinajstić information content (AvgIpc) is 3.28. The fraction of sp³-hybridized carbons (Fsp3) is 0.667. The maximum atomic E-state index is 12.7. The number of carbonyl (C=O) groups is 3. The fourth-order valence-electron chi connectivity index (χ4n) is 6.70. The van der Waals surface area contributed by atoms with Gasteiger partial charge in [0.25, 0.3) is 0 Å². The Bertz CT molecular complexity index is 1280. The summed E-state index contributed by atoms with van der Waals surface area (Å²) in [5.74, 6) is -1.02. The lowest BCUT2D eigenvalue weighted by Crippen LogP contribution is -2.30. The summed E-state index contributed by atoms with van der Waals surface area (Å²) in [6.07, 6.45) is 66.9. The summed E-state index contributed by atoms with van der Waals surface area (Å²) in [5.41, 5.74) is 0. The van der Waals surface area contributed by atoms with Crippen LogP contribution in [0.1, 0.15) is 226 Å². The first-order valence-electron chi connectivity index (χ1n) is 25.7. The largest absolute Gasteiger partial charge is 0.462 e. The van der Waals surface area contributed by atoms with Crippen LogP contribution >= 0.6 is 0 Å². The number of esters is 3. The lowest BCUT2D eigenvalue weighted by molar-refractivity contribution is -0.166. The Labute approximate surface area is 387 Å². The summed E-state index contributed by atoms with van der Waals surface area (Å²) < 4.78 is 16.7. The molecule has 0 fully saturated rings. The Balaban J connectivity index is 4.45. The predicted molar refractivity (Wildman–Crippen MR) is 270 cm³/mol. The van der Waals surface area contributed by atoms with Crippen molar-refractivity contribution < 1.29 is 28.6 Å². The van der Waals surface area contributed by atoms with Crippen LogP contribution in [0.4, 0.5) is 0 Å². The fourth-order valence-corrected chi connectivity index (χ4v) is 6.70. The summed E-state index contributed by atoms with van der Waals surface area (Å²) in [6, 6.07) is 0. The molecule has 0 aliphatic rings. The van der Waals surface area contributed by atoms with Crippen molar-refractivity contribution in [3.8, 4) is 0 Å². The van der Waals surface area contributed by atoms with Gasteiger partial charge in [-0.2, -0.15) is 0 Å². The summed E-state index contributed by atoms with van der Waals surface area (Å²) in [6.45, 7) is 6.34. The molecule has 0 N–H and O–H groups in total. The Morgan fingerprint density at radius 2 is 0.683 bits per heavy atom. The van der Waals surface area contributed by atoms with Crippen LogP contribution < -0.4 is 0 Å². The van der Waals surface area contributed by atoms with Crippen molar-refractivity contribution in [3.63, 3.8) is 0 Å². The van der Waals surface area contributed by atoms with Crippen LogP contribution in [0.25, 0.3) is 0 Å². The van der Waals surface area contributed by atoms with Gasteiger partial charge >= 0.3 is 17.9 Å². The minimum absolute atomic E-state index is 0.114. The second-order valence-electron chi connectivity index (χ2n) is 16.7. The third kappa shape index (κ3) is 49.2. The van der Waals surface area contributed by atoms with Gasteiger partial charge in [0.2, 0.25) is 0 Å². The molecule has 0 aliphatic heterocycles. The summed E-state index contributed by atoms with van der Waals surface area (Å²) in [5, 5.41) is 0. The van der Waals surface area contributed by atoms with E-state index in [4.69, 9.17) is 14.2 Å². The van der Waals surface area contributed by atoms with Crippen molar-refractivity contribution in [1.29, 1.82) is 0 Å². The van der Waals surface area contributed by atoms with Crippen LogP contribution in [0, 0.1) is 0 Å². The van der Waals surface area contributed by atoms with Crippen LogP contribution in [0.15, 0.2) is 97.2 Å². The van der Waals surface area contributed by atoms with Gasteiger partial charge in [0.15, 0.2) is 6.10 Å². The number of ether oxygens (including phenoxy) is 3. The molecule has 0 aromatic rings. The van der Waals surface area contributed by atoms with Gasteiger partial charge < -0.3 is 14.2 Å². The van der Waals surface area contributed by atoms with Gasteiger partial charge in [0.05, 0.1) is 0 Å². The second kappa shape index (κ2) is 51.0. The van der Waals surface area contributed by atoms with Gasteiger partial charge in [-0.1, -0.05) is 201 Å². The highest BCUT2D eigenvalue weighted by Crippen LogP contribution is 2.13. The normalized spacial score (nSPS) is 12.9. The first-order chi connectivity index (χ1) is 31.0. The Morgan fingerprint density at radius 1 is 0.333 bits per heavy atom. The number of unbranched alkanes of at least 4 members (excludes halogenated alkanes) is 18. The topological polar surface area (TPSA) is 78.9 Å². The molecule has 0 heterocycles. The molecule has 0 rings (SSSR count). The molecule has 0 amide bonds. The maximum absolute atomic E-state index is 12.7. The van der Waals surface area contributed by atoms with E-state index in [1.165, 1.54) is 77.0 Å². The van der Waals surface area contributed by atoms with Crippen molar-refractivity contribution in [2.24, 2.45) is 0 Å². The van der Waals surface area contributed by atoms with E-state index in [0.717, 1.165) is 103 Å². The molecule has 358 valence electrons. The van der Waals surface area contributed by atoms with E-state index in [-0.39, 0.29) is 31.6 Å². The first-order valence-corrected chi connectivity index (χ1v) is 25.7. The van der Waals surface area contributed by atoms with Crippen molar-refractivity contribution in [2.45, 2.75) is 232 Å². The molecule has 1 atom stereocenters. The van der Waals surface area contributed by atoms with Crippen molar-refractivity contribution in [2.75, 3.05) is 13.2 Å². The SMILES string of the molecule is CC/C=C\C/C=C\C/C=C\C/C=C\CCC(=O)OC(COC(=O)CCCCCCC/C=C\C/C=C\CCC)COC(=O)CCCCCCCCCCC/C=C\C/C=C\CCCCC. The molecule has 6 nitrogen and oxygen atoms in total. The summed E-state index contributed by atoms with van der Waals surface area (Å²) in [4.78, 5) is 37.9. The molecule has 1 unspecified atom stereocenters. The number of hydrogen-bond donors (Lipinski definition) is 0. The first kappa shape index (κ1) is 59.3. The third-order valence-corrected chi connectivity index (χ3v) is 10.5. The molecular formula is C57H94O6. The maximum Gasteiger partial charge on any atom is 0.306 e. The smallest absolute Gasteiger partial charge is 0.306 e. The number of rotatable bonds is 45. The van der Waals surface area contributed by atoms with Gasteiger partial charge in [0, 0.05) is 19.3 Å². The van der Waals surface area contributed by atoms with Gasteiger partial charge in [0.1, 0.15) is 13.2 Å². The zero-order chi connectivity index (χ0) is 45.8. The molecule has 0 bridgehead atoms.